The molecule has 3 heterocycles. The molecule has 1 amide bonds. The first-order valence-electron chi connectivity index (χ1n) is 12.8. The molecule has 0 aliphatic carbocycles. The third-order valence-corrected chi connectivity index (χ3v) is 7.45. The van der Waals surface area contributed by atoms with Gasteiger partial charge < -0.3 is 15.5 Å². The van der Waals surface area contributed by atoms with Crippen LogP contribution in [0.25, 0.3) is 16.9 Å². The molecule has 0 spiro atoms. The fourth-order valence-corrected chi connectivity index (χ4v) is 5.26. The number of anilines is 1. The average Bonchev–Trinajstić information content (AvgIpc) is 3.56. The Kier molecular flexibility index (Phi) is 6.94. The van der Waals surface area contributed by atoms with Gasteiger partial charge in [0.25, 0.3) is 5.91 Å². The fraction of sp³-hybridized carbons (Fsp3) is 0.393. The van der Waals surface area contributed by atoms with E-state index >= 15 is 4.39 Å². The number of nitriles is 1. The van der Waals surface area contributed by atoms with Crippen LogP contribution in [0.3, 0.4) is 0 Å². The van der Waals surface area contributed by atoms with Gasteiger partial charge in [-0.2, -0.15) is 10.4 Å². The van der Waals surface area contributed by atoms with Gasteiger partial charge in [-0.05, 0) is 61.6 Å². The third kappa shape index (κ3) is 4.94. The standard InChI is InChI=1S/C28H30F2N6O/c1-2-18-9-11-34(16-18)22-7-8-26(24(30)13-22)36-27(19-5-6-20(15-31)23(29)12-19)14-25(33-36)28(37)35-10-3-4-21(32)17-35/h5-8,12-14,18,21H,2-4,9-11,16-17,32H2,1H3/t18-,21+/m0/s1. The molecule has 0 radical (unpaired) electrons. The van der Waals surface area contributed by atoms with Crippen molar-refractivity contribution in [2.75, 3.05) is 31.1 Å². The van der Waals surface area contributed by atoms with E-state index in [0.29, 0.717) is 30.3 Å². The summed E-state index contributed by atoms with van der Waals surface area (Å²) >= 11 is 0. The maximum Gasteiger partial charge on any atom is 0.274 e. The van der Waals surface area contributed by atoms with Crippen LogP contribution in [0.15, 0.2) is 42.5 Å². The lowest BCUT2D eigenvalue weighted by Gasteiger charge is -2.30. The number of benzene rings is 2. The Morgan fingerprint density at radius 1 is 1.11 bits per heavy atom. The Labute approximate surface area is 215 Å². The fourth-order valence-electron chi connectivity index (χ4n) is 5.26. The number of halogens is 2. The summed E-state index contributed by atoms with van der Waals surface area (Å²) in [5.41, 5.74) is 7.79. The van der Waals surface area contributed by atoms with E-state index in [2.05, 4.69) is 16.9 Å². The summed E-state index contributed by atoms with van der Waals surface area (Å²) in [7, 11) is 0. The second kappa shape index (κ2) is 10.3. The Bertz CT molecular complexity index is 1360. The van der Waals surface area contributed by atoms with E-state index in [1.807, 2.05) is 6.07 Å². The highest BCUT2D eigenvalue weighted by atomic mass is 19.1. The van der Waals surface area contributed by atoms with Crippen molar-refractivity contribution in [3.05, 3.63) is 65.4 Å². The summed E-state index contributed by atoms with van der Waals surface area (Å²) in [5, 5.41) is 13.6. The topological polar surface area (TPSA) is 91.2 Å². The van der Waals surface area contributed by atoms with Crippen LogP contribution in [0.2, 0.25) is 0 Å². The van der Waals surface area contributed by atoms with Gasteiger partial charge in [0.1, 0.15) is 17.6 Å². The second-order valence-electron chi connectivity index (χ2n) is 9.93. The first-order chi connectivity index (χ1) is 17.9. The second-order valence-corrected chi connectivity index (χ2v) is 9.93. The van der Waals surface area contributed by atoms with Crippen LogP contribution in [0.5, 0.6) is 0 Å². The van der Waals surface area contributed by atoms with Crippen LogP contribution < -0.4 is 10.6 Å². The molecule has 2 aliphatic heterocycles. The van der Waals surface area contributed by atoms with Gasteiger partial charge in [-0.3, -0.25) is 4.79 Å². The van der Waals surface area contributed by atoms with Gasteiger partial charge >= 0.3 is 0 Å². The first-order valence-corrected chi connectivity index (χ1v) is 12.8. The van der Waals surface area contributed by atoms with Gasteiger partial charge in [0, 0.05) is 43.5 Å². The van der Waals surface area contributed by atoms with Crippen LogP contribution in [0.4, 0.5) is 14.5 Å². The molecular weight excluding hydrogens is 474 g/mol. The van der Waals surface area contributed by atoms with E-state index in [9.17, 15) is 9.18 Å². The van der Waals surface area contributed by atoms with Gasteiger partial charge in [-0.1, -0.05) is 19.4 Å². The Morgan fingerprint density at radius 2 is 1.95 bits per heavy atom. The number of amides is 1. The minimum Gasteiger partial charge on any atom is -0.371 e. The zero-order valence-corrected chi connectivity index (χ0v) is 20.8. The molecule has 2 fully saturated rings. The molecule has 2 atom stereocenters. The summed E-state index contributed by atoms with van der Waals surface area (Å²) < 4.78 is 31.4. The maximum atomic E-state index is 15.6. The summed E-state index contributed by atoms with van der Waals surface area (Å²) in [5.74, 6) is -0.889. The van der Waals surface area contributed by atoms with Crippen molar-refractivity contribution in [3.8, 4) is 23.0 Å². The number of aromatic nitrogens is 2. The van der Waals surface area contributed by atoms with Crippen molar-refractivity contribution in [3.63, 3.8) is 0 Å². The molecule has 2 saturated heterocycles. The lowest BCUT2D eigenvalue weighted by Crippen LogP contribution is -2.45. The first kappa shape index (κ1) is 24.9. The lowest BCUT2D eigenvalue weighted by molar-refractivity contribution is 0.0702. The van der Waals surface area contributed by atoms with Gasteiger partial charge in [-0.15, -0.1) is 0 Å². The minimum absolute atomic E-state index is 0.0973. The normalized spacial score (nSPS) is 19.8. The monoisotopic (exact) mass is 504 g/mol. The van der Waals surface area contributed by atoms with Crippen molar-refractivity contribution in [2.45, 2.75) is 38.6 Å². The highest BCUT2D eigenvalue weighted by Gasteiger charge is 2.27. The van der Waals surface area contributed by atoms with E-state index in [0.717, 1.165) is 44.5 Å². The van der Waals surface area contributed by atoms with E-state index in [1.54, 1.807) is 29.2 Å². The largest absolute Gasteiger partial charge is 0.371 e. The van der Waals surface area contributed by atoms with E-state index in [4.69, 9.17) is 11.0 Å². The van der Waals surface area contributed by atoms with Crippen molar-refractivity contribution >= 4 is 11.6 Å². The Balaban J connectivity index is 1.55. The molecule has 2 N–H and O–H groups in total. The molecule has 0 saturated carbocycles. The molecule has 0 unspecified atom stereocenters. The molecule has 2 aromatic carbocycles. The predicted octanol–water partition coefficient (Wildman–Crippen LogP) is 4.49. The zero-order chi connectivity index (χ0) is 26.1. The van der Waals surface area contributed by atoms with E-state index in [1.165, 1.54) is 22.9 Å². The number of carbonyl (C=O) groups is 1. The van der Waals surface area contributed by atoms with Crippen LogP contribution >= 0.6 is 0 Å². The van der Waals surface area contributed by atoms with Crippen molar-refractivity contribution < 1.29 is 13.6 Å². The van der Waals surface area contributed by atoms with Gasteiger partial charge in [-0.25, -0.2) is 13.5 Å². The molecule has 0 bridgehead atoms. The molecule has 9 heteroatoms. The maximum absolute atomic E-state index is 15.6. The van der Waals surface area contributed by atoms with Crippen LogP contribution in [0.1, 0.15) is 48.7 Å². The predicted molar refractivity (Wildman–Crippen MR) is 137 cm³/mol. The van der Waals surface area contributed by atoms with Gasteiger partial charge in [0.15, 0.2) is 11.5 Å². The average molecular weight is 505 g/mol. The number of hydrogen-bond acceptors (Lipinski definition) is 5. The molecule has 7 nitrogen and oxygen atoms in total. The Hall–Kier alpha value is -3.77. The van der Waals surface area contributed by atoms with E-state index < -0.39 is 11.6 Å². The van der Waals surface area contributed by atoms with Gasteiger partial charge in [0.05, 0.1) is 11.3 Å². The number of nitrogens with zero attached hydrogens (tertiary/aromatic N) is 5. The SMILES string of the molecule is CC[C@H]1CCN(c2ccc(-n3nc(C(=O)N4CCC[C@@H](N)C4)cc3-c3ccc(C#N)c(F)c3)c(F)c2)C1. The number of likely N-dealkylation sites (tertiary alicyclic amines) is 1. The molecule has 37 heavy (non-hydrogen) atoms. The third-order valence-electron chi connectivity index (χ3n) is 7.45. The quantitative estimate of drug-likeness (QED) is 0.553. The van der Waals surface area contributed by atoms with E-state index in [-0.39, 0.29) is 28.9 Å². The van der Waals surface area contributed by atoms with Crippen LogP contribution in [-0.2, 0) is 0 Å². The molecule has 192 valence electrons. The molecular formula is C28H30F2N6O. The number of nitrogens with two attached hydrogens (primary N) is 1. The number of hydrogen-bond donors (Lipinski definition) is 1. The summed E-state index contributed by atoms with van der Waals surface area (Å²) in [6.07, 6.45) is 3.82. The smallest absolute Gasteiger partial charge is 0.274 e. The highest BCUT2D eigenvalue weighted by Crippen LogP contribution is 2.31. The van der Waals surface area contributed by atoms with Crippen LogP contribution in [-0.4, -0.2) is 52.8 Å². The summed E-state index contributed by atoms with van der Waals surface area (Å²) in [4.78, 5) is 17.1. The Morgan fingerprint density at radius 3 is 2.62 bits per heavy atom. The molecule has 2 aliphatic rings. The van der Waals surface area contributed by atoms with Gasteiger partial charge in [0.2, 0.25) is 0 Å². The van der Waals surface area contributed by atoms with Crippen molar-refractivity contribution in [1.29, 1.82) is 5.26 Å². The minimum atomic E-state index is -0.696. The number of rotatable bonds is 5. The highest BCUT2D eigenvalue weighted by molar-refractivity contribution is 5.93. The number of carbonyl (C=O) groups excluding carboxylic acids is 1. The van der Waals surface area contributed by atoms with Crippen molar-refractivity contribution in [2.24, 2.45) is 11.7 Å². The number of piperidine rings is 1. The molecule has 1 aromatic heterocycles. The summed E-state index contributed by atoms with van der Waals surface area (Å²) in [6.45, 7) is 4.93. The molecule has 3 aromatic rings. The van der Waals surface area contributed by atoms with Crippen molar-refractivity contribution in [1.82, 2.24) is 14.7 Å². The zero-order valence-electron chi connectivity index (χ0n) is 20.8. The summed E-state index contributed by atoms with van der Waals surface area (Å²) in [6, 6.07) is 12.4. The van der Waals surface area contributed by atoms with Crippen LogP contribution in [0, 0.1) is 28.9 Å². The lowest BCUT2D eigenvalue weighted by atomic mass is 10.1. The molecule has 5 rings (SSSR count).